The van der Waals surface area contributed by atoms with E-state index < -0.39 is 11.5 Å². The zero-order valence-corrected chi connectivity index (χ0v) is 12.3. The summed E-state index contributed by atoms with van der Waals surface area (Å²) in [5.74, 6) is -1.31. The first-order valence-electron chi connectivity index (χ1n) is 6.60. The van der Waals surface area contributed by atoms with Crippen LogP contribution in [0, 0.1) is 0 Å². The number of aromatic hydroxyl groups is 1. The van der Waals surface area contributed by atoms with Crippen LogP contribution in [-0.4, -0.2) is 33.0 Å². The van der Waals surface area contributed by atoms with Crippen LogP contribution < -0.4 is 0 Å². The lowest BCUT2D eigenvalue weighted by Gasteiger charge is -2.42. The van der Waals surface area contributed by atoms with Crippen molar-refractivity contribution in [2.24, 2.45) is 0 Å². The Morgan fingerprint density at radius 3 is 2.05 bits per heavy atom. The number of nitrogens with zero attached hydrogens (tertiary/aromatic N) is 1. The normalized spacial score (nSPS) is 13.8. The second-order valence-corrected chi connectivity index (χ2v) is 5.05. The Hall–Kier alpha value is -2.04. The number of rotatable bonds is 5. The Morgan fingerprint density at radius 2 is 1.75 bits per heavy atom. The van der Waals surface area contributed by atoms with Crippen LogP contribution in [0.15, 0.2) is 24.3 Å². The molecule has 1 rings (SSSR count). The molecular formula is C15H21NO4. The molecule has 110 valence electrons. The Kier molecular flexibility index (Phi) is 4.76. The second-order valence-electron chi connectivity index (χ2n) is 5.05. The molecule has 1 aromatic rings. The zero-order chi connectivity index (χ0) is 15.5. The van der Waals surface area contributed by atoms with Gasteiger partial charge in [0.25, 0.3) is 0 Å². The average molecular weight is 279 g/mol. The predicted octanol–water partition coefficient (Wildman–Crippen LogP) is 2.34. The molecule has 1 atom stereocenters. The van der Waals surface area contributed by atoms with E-state index in [1.807, 2.05) is 0 Å². The molecule has 20 heavy (non-hydrogen) atoms. The van der Waals surface area contributed by atoms with Crippen LogP contribution >= 0.6 is 0 Å². The topological polar surface area (TPSA) is 77.8 Å². The Labute approximate surface area is 118 Å². The van der Waals surface area contributed by atoms with Gasteiger partial charge in [-0.05, 0) is 38.0 Å². The summed E-state index contributed by atoms with van der Waals surface area (Å²) in [6.45, 7) is 6.68. The summed E-state index contributed by atoms with van der Waals surface area (Å²) in [6.07, 6.45) is 0.241. The first kappa shape index (κ1) is 16.0. The third kappa shape index (κ3) is 2.61. The first-order chi connectivity index (χ1) is 9.27. The molecule has 1 amide bonds. The molecule has 0 saturated carbocycles. The van der Waals surface area contributed by atoms with Crippen molar-refractivity contribution in [3.05, 3.63) is 29.8 Å². The number of carbonyl (C=O) groups is 2. The van der Waals surface area contributed by atoms with Gasteiger partial charge in [0.2, 0.25) is 5.91 Å². The molecule has 0 saturated heterocycles. The van der Waals surface area contributed by atoms with E-state index in [0.717, 1.165) is 0 Å². The molecule has 0 aliphatic rings. The molecule has 0 aliphatic carbocycles. The molecule has 0 heterocycles. The maximum atomic E-state index is 11.9. The van der Waals surface area contributed by atoms with Crippen LogP contribution in [0.3, 0.4) is 0 Å². The SMILES string of the molecule is CCC(C(=O)O)(c1ccc(O)cc1)N(C(C)=O)C(C)C. The molecule has 2 N–H and O–H groups in total. The number of amides is 1. The number of aliphatic carboxylic acids is 1. The highest BCUT2D eigenvalue weighted by Crippen LogP contribution is 2.35. The van der Waals surface area contributed by atoms with Crippen LogP contribution in [0.1, 0.15) is 39.7 Å². The summed E-state index contributed by atoms with van der Waals surface area (Å²) in [7, 11) is 0. The number of carboxylic acid groups (broad SMARTS) is 1. The van der Waals surface area contributed by atoms with Crippen molar-refractivity contribution in [2.75, 3.05) is 0 Å². The van der Waals surface area contributed by atoms with Gasteiger partial charge in [0.1, 0.15) is 5.75 Å². The van der Waals surface area contributed by atoms with Crippen LogP contribution in [-0.2, 0) is 15.1 Å². The summed E-state index contributed by atoms with van der Waals surface area (Å²) < 4.78 is 0. The fourth-order valence-corrected chi connectivity index (χ4v) is 2.70. The highest BCUT2D eigenvalue weighted by Gasteiger charge is 2.47. The number of phenolic OH excluding ortho intramolecular Hbond substituents is 1. The van der Waals surface area contributed by atoms with Gasteiger partial charge in [-0.1, -0.05) is 19.1 Å². The van der Waals surface area contributed by atoms with E-state index in [1.54, 1.807) is 32.9 Å². The Bertz CT molecular complexity index is 495. The van der Waals surface area contributed by atoms with Crippen molar-refractivity contribution >= 4 is 11.9 Å². The Morgan fingerprint density at radius 1 is 1.25 bits per heavy atom. The van der Waals surface area contributed by atoms with E-state index in [-0.39, 0.29) is 24.1 Å². The number of benzene rings is 1. The van der Waals surface area contributed by atoms with Crippen molar-refractivity contribution in [1.82, 2.24) is 4.90 Å². The summed E-state index contributed by atoms with van der Waals surface area (Å²) in [5.41, 5.74) is -0.942. The smallest absolute Gasteiger partial charge is 0.334 e. The lowest BCUT2D eigenvalue weighted by molar-refractivity contribution is -0.162. The third-order valence-electron chi connectivity index (χ3n) is 3.48. The monoisotopic (exact) mass is 279 g/mol. The van der Waals surface area contributed by atoms with Gasteiger partial charge in [-0.3, -0.25) is 4.79 Å². The van der Waals surface area contributed by atoms with E-state index in [9.17, 15) is 19.8 Å². The molecule has 0 fully saturated rings. The zero-order valence-electron chi connectivity index (χ0n) is 12.3. The van der Waals surface area contributed by atoms with Crippen LogP contribution in [0.2, 0.25) is 0 Å². The van der Waals surface area contributed by atoms with E-state index >= 15 is 0 Å². The van der Waals surface area contributed by atoms with Gasteiger partial charge < -0.3 is 15.1 Å². The minimum absolute atomic E-state index is 0.0584. The molecule has 1 aromatic carbocycles. The molecule has 5 heteroatoms. The van der Waals surface area contributed by atoms with Crippen molar-refractivity contribution in [2.45, 2.75) is 45.7 Å². The number of hydrogen-bond donors (Lipinski definition) is 2. The molecule has 5 nitrogen and oxygen atoms in total. The van der Waals surface area contributed by atoms with Gasteiger partial charge in [0.05, 0.1) is 0 Å². The molecule has 1 unspecified atom stereocenters. The minimum atomic E-state index is -1.42. The third-order valence-corrected chi connectivity index (χ3v) is 3.48. The van der Waals surface area contributed by atoms with Gasteiger partial charge in [-0.15, -0.1) is 0 Å². The van der Waals surface area contributed by atoms with Crippen molar-refractivity contribution in [1.29, 1.82) is 0 Å². The van der Waals surface area contributed by atoms with E-state index in [2.05, 4.69) is 0 Å². The standard InChI is InChI=1S/C15H21NO4/c1-5-15(14(19)20,16(10(2)3)11(4)17)12-6-8-13(18)9-7-12/h6-10,18H,5H2,1-4H3,(H,19,20). The summed E-state index contributed by atoms with van der Waals surface area (Å²) in [5, 5.41) is 19.1. The van der Waals surface area contributed by atoms with Gasteiger partial charge >= 0.3 is 5.97 Å². The van der Waals surface area contributed by atoms with Crippen LogP contribution in [0.25, 0.3) is 0 Å². The summed E-state index contributed by atoms with van der Waals surface area (Å²) >= 11 is 0. The number of carboxylic acids is 1. The molecular weight excluding hydrogens is 258 g/mol. The number of hydrogen-bond acceptors (Lipinski definition) is 3. The van der Waals surface area contributed by atoms with Crippen molar-refractivity contribution in [3.63, 3.8) is 0 Å². The minimum Gasteiger partial charge on any atom is -0.508 e. The number of carbonyl (C=O) groups excluding carboxylic acids is 1. The maximum absolute atomic E-state index is 11.9. The van der Waals surface area contributed by atoms with Gasteiger partial charge in [-0.25, -0.2) is 4.79 Å². The molecule has 0 radical (unpaired) electrons. The summed E-state index contributed by atoms with van der Waals surface area (Å²) in [4.78, 5) is 25.3. The predicted molar refractivity (Wildman–Crippen MR) is 75.4 cm³/mol. The average Bonchev–Trinajstić information content (AvgIpc) is 2.35. The van der Waals surface area contributed by atoms with Gasteiger partial charge in [-0.2, -0.15) is 0 Å². The van der Waals surface area contributed by atoms with Gasteiger partial charge in [0, 0.05) is 13.0 Å². The van der Waals surface area contributed by atoms with Crippen molar-refractivity contribution < 1.29 is 19.8 Å². The molecule has 0 spiro atoms. The lowest BCUT2D eigenvalue weighted by atomic mass is 9.84. The number of phenols is 1. The fourth-order valence-electron chi connectivity index (χ4n) is 2.70. The lowest BCUT2D eigenvalue weighted by Crippen LogP contribution is -2.56. The van der Waals surface area contributed by atoms with E-state index in [1.165, 1.54) is 24.0 Å². The Balaban J connectivity index is 3.53. The quantitative estimate of drug-likeness (QED) is 0.867. The van der Waals surface area contributed by atoms with Crippen LogP contribution in [0.5, 0.6) is 5.75 Å². The second kappa shape index (κ2) is 5.94. The first-order valence-corrected chi connectivity index (χ1v) is 6.60. The maximum Gasteiger partial charge on any atom is 0.334 e. The summed E-state index contributed by atoms with van der Waals surface area (Å²) in [6, 6.07) is 5.71. The fraction of sp³-hybridized carbons (Fsp3) is 0.467. The molecule has 0 aromatic heterocycles. The highest BCUT2D eigenvalue weighted by molar-refractivity contribution is 5.87. The largest absolute Gasteiger partial charge is 0.508 e. The van der Waals surface area contributed by atoms with E-state index in [0.29, 0.717) is 5.56 Å². The van der Waals surface area contributed by atoms with Gasteiger partial charge in [0.15, 0.2) is 5.54 Å². The van der Waals surface area contributed by atoms with Crippen molar-refractivity contribution in [3.8, 4) is 5.75 Å². The molecule has 0 bridgehead atoms. The highest BCUT2D eigenvalue weighted by atomic mass is 16.4. The molecule has 0 aliphatic heterocycles. The van der Waals surface area contributed by atoms with Crippen LogP contribution in [0.4, 0.5) is 0 Å². The van der Waals surface area contributed by atoms with E-state index in [4.69, 9.17) is 0 Å².